The third-order valence-corrected chi connectivity index (χ3v) is 1.54. The van der Waals surface area contributed by atoms with Crippen LogP contribution in [0.5, 0.6) is 0 Å². The van der Waals surface area contributed by atoms with Gasteiger partial charge in [0, 0.05) is 13.3 Å². The number of rotatable bonds is 1. The Hall–Kier alpha value is -0.610. The van der Waals surface area contributed by atoms with Gasteiger partial charge in [-0.3, -0.25) is 4.79 Å². The first-order valence-electron chi connectivity index (χ1n) is 3.65. The molecule has 0 aromatic rings. The molecule has 1 rings (SSSR count). The number of hydrogen-bond acceptors (Lipinski definition) is 4. The fraction of sp³-hybridized carbons (Fsp3) is 0.857. The summed E-state index contributed by atoms with van der Waals surface area (Å²) < 4.78 is 9.73. The van der Waals surface area contributed by atoms with E-state index in [1.165, 1.54) is 6.92 Å². The molecule has 1 saturated heterocycles. The van der Waals surface area contributed by atoms with Gasteiger partial charge >= 0.3 is 5.97 Å². The normalized spacial score (nSPS) is 31.5. The van der Waals surface area contributed by atoms with Crippen molar-refractivity contribution in [3.63, 3.8) is 0 Å². The predicted octanol–water partition coefficient (Wildman–Crippen LogP) is 0.0469. The minimum Gasteiger partial charge on any atom is -0.460 e. The summed E-state index contributed by atoms with van der Waals surface area (Å²) in [6, 6.07) is 0. The lowest BCUT2D eigenvalue weighted by atomic mass is 10.1. The van der Waals surface area contributed by atoms with E-state index in [-0.39, 0.29) is 12.1 Å². The molecule has 0 saturated carbocycles. The highest BCUT2D eigenvalue weighted by atomic mass is 16.6. The molecule has 1 aliphatic heterocycles. The van der Waals surface area contributed by atoms with E-state index in [4.69, 9.17) is 14.6 Å². The molecule has 1 N–H and O–H groups in total. The second-order valence-corrected chi connectivity index (χ2v) is 2.60. The molecule has 0 spiro atoms. The van der Waals surface area contributed by atoms with Gasteiger partial charge in [-0.05, 0) is 6.42 Å². The Morgan fingerprint density at radius 2 is 2.36 bits per heavy atom. The van der Waals surface area contributed by atoms with E-state index in [2.05, 4.69) is 0 Å². The lowest BCUT2D eigenvalue weighted by Crippen LogP contribution is -2.32. The van der Waals surface area contributed by atoms with Gasteiger partial charge in [0.1, 0.15) is 6.10 Å². The lowest BCUT2D eigenvalue weighted by molar-refractivity contribution is -0.179. The van der Waals surface area contributed by atoms with Crippen molar-refractivity contribution in [1.29, 1.82) is 0 Å². The lowest BCUT2D eigenvalue weighted by Gasteiger charge is -2.25. The summed E-state index contributed by atoms with van der Waals surface area (Å²) in [5, 5.41) is 8.90. The van der Waals surface area contributed by atoms with Crippen LogP contribution in [0.25, 0.3) is 0 Å². The SMILES string of the molecule is CC(=O)O[C@H]1CC[C@@H](O)OC1. The largest absolute Gasteiger partial charge is 0.460 e. The second-order valence-electron chi connectivity index (χ2n) is 2.60. The van der Waals surface area contributed by atoms with Gasteiger partial charge in [-0.25, -0.2) is 0 Å². The zero-order valence-electron chi connectivity index (χ0n) is 6.45. The summed E-state index contributed by atoms with van der Waals surface area (Å²) in [4.78, 5) is 10.5. The number of aliphatic hydroxyl groups excluding tert-OH is 1. The highest BCUT2D eigenvalue weighted by Gasteiger charge is 2.21. The molecule has 64 valence electrons. The molecular weight excluding hydrogens is 148 g/mol. The molecule has 1 fully saturated rings. The summed E-state index contributed by atoms with van der Waals surface area (Å²) in [7, 11) is 0. The van der Waals surface area contributed by atoms with Crippen molar-refractivity contribution in [1.82, 2.24) is 0 Å². The maximum atomic E-state index is 10.5. The highest BCUT2D eigenvalue weighted by Crippen LogP contribution is 2.13. The standard InChI is InChI=1S/C7H12O4/c1-5(8)11-6-2-3-7(9)10-4-6/h6-7,9H,2-4H2,1H3/t6-,7-/m0/s1. The van der Waals surface area contributed by atoms with Crippen molar-refractivity contribution < 1.29 is 19.4 Å². The molecule has 1 aliphatic rings. The van der Waals surface area contributed by atoms with Crippen LogP contribution in [0, 0.1) is 0 Å². The van der Waals surface area contributed by atoms with E-state index in [1.807, 2.05) is 0 Å². The summed E-state index contributed by atoms with van der Waals surface area (Å²) in [5.41, 5.74) is 0. The van der Waals surface area contributed by atoms with Gasteiger partial charge in [0.15, 0.2) is 6.29 Å². The molecule has 0 radical (unpaired) electrons. The molecule has 0 aliphatic carbocycles. The van der Waals surface area contributed by atoms with Gasteiger partial charge in [-0.2, -0.15) is 0 Å². The molecule has 0 amide bonds. The van der Waals surface area contributed by atoms with Crippen molar-refractivity contribution in [3.05, 3.63) is 0 Å². The van der Waals surface area contributed by atoms with E-state index >= 15 is 0 Å². The number of ether oxygens (including phenoxy) is 2. The smallest absolute Gasteiger partial charge is 0.302 e. The van der Waals surface area contributed by atoms with Crippen molar-refractivity contribution in [2.24, 2.45) is 0 Å². The summed E-state index contributed by atoms with van der Waals surface area (Å²) in [6.07, 6.45) is 0.372. The molecular formula is C7H12O4. The van der Waals surface area contributed by atoms with Gasteiger partial charge in [0.25, 0.3) is 0 Å². The molecule has 2 atom stereocenters. The Bertz CT molecular complexity index is 137. The number of hydrogen-bond donors (Lipinski definition) is 1. The average Bonchev–Trinajstić information content (AvgIpc) is 1.93. The van der Waals surface area contributed by atoms with E-state index in [0.717, 1.165) is 0 Å². The van der Waals surface area contributed by atoms with E-state index in [9.17, 15) is 4.79 Å². The zero-order chi connectivity index (χ0) is 8.27. The van der Waals surface area contributed by atoms with Crippen LogP contribution in [-0.2, 0) is 14.3 Å². The predicted molar refractivity (Wildman–Crippen MR) is 36.7 cm³/mol. The van der Waals surface area contributed by atoms with Crippen LogP contribution in [0.4, 0.5) is 0 Å². The van der Waals surface area contributed by atoms with Crippen LogP contribution in [-0.4, -0.2) is 30.1 Å². The minimum absolute atomic E-state index is 0.170. The van der Waals surface area contributed by atoms with Crippen LogP contribution >= 0.6 is 0 Å². The Labute approximate surface area is 65.1 Å². The number of carbonyl (C=O) groups excluding carboxylic acids is 1. The Morgan fingerprint density at radius 1 is 1.64 bits per heavy atom. The van der Waals surface area contributed by atoms with Crippen molar-refractivity contribution in [2.45, 2.75) is 32.2 Å². The maximum Gasteiger partial charge on any atom is 0.302 e. The molecule has 11 heavy (non-hydrogen) atoms. The molecule has 4 heteroatoms. The average molecular weight is 160 g/mol. The molecule has 0 bridgehead atoms. The minimum atomic E-state index is -0.679. The van der Waals surface area contributed by atoms with Crippen molar-refractivity contribution >= 4 is 5.97 Å². The fourth-order valence-electron chi connectivity index (χ4n) is 1.04. The number of esters is 1. The Morgan fingerprint density at radius 3 is 2.82 bits per heavy atom. The van der Waals surface area contributed by atoms with Crippen LogP contribution in [0.15, 0.2) is 0 Å². The summed E-state index contributed by atoms with van der Waals surface area (Å²) in [6.45, 7) is 1.67. The van der Waals surface area contributed by atoms with Crippen molar-refractivity contribution in [2.75, 3.05) is 6.61 Å². The van der Waals surface area contributed by atoms with E-state index in [0.29, 0.717) is 19.4 Å². The summed E-state index contributed by atoms with van der Waals surface area (Å²) >= 11 is 0. The summed E-state index contributed by atoms with van der Waals surface area (Å²) in [5.74, 6) is -0.296. The van der Waals surface area contributed by atoms with Gasteiger partial charge in [-0.1, -0.05) is 0 Å². The first-order chi connectivity index (χ1) is 5.18. The van der Waals surface area contributed by atoms with E-state index in [1.54, 1.807) is 0 Å². The number of carbonyl (C=O) groups is 1. The first kappa shape index (κ1) is 8.49. The van der Waals surface area contributed by atoms with Crippen LogP contribution in [0.3, 0.4) is 0 Å². The molecule has 0 aromatic carbocycles. The number of aliphatic hydroxyl groups is 1. The van der Waals surface area contributed by atoms with Gasteiger partial charge in [0.05, 0.1) is 6.61 Å². The van der Waals surface area contributed by atoms with E-state index < -0.39 is 6.29 Å². The van der Waals surface area contributed by atoms with Crippen molar-refractivity contribution in [3.8, 4) is 0 Å². The third kappa shape index (κ3) is 2.86. The molecule has 0 aromatic heterocycles. The monoisotopic (exact) mass is 160 g/mol. The zero-order valence-corrected chi connectivity index (χ0v) is 6.45. The van der Waals surface area contributed by atoms with Gasteiger partial charge < -0.3 is 14.6 Å². The Balaban J connectivity index is 2.22. The Kier molecular flexibility index (Phi) is 2.84. The van der Waals surface area contributed by atoms with Crippen LogP contribution in [0.1, 0.15) is 19.8 Å². The van der Waals surface area contributed by atoms with Crippen LogP contribution < -0.4 is 0 Å². The van der Waals surface area contributed by atoms with Gasteiger partial charge in [0.2, 0.25) is 0 Å². The maximum absolute atomic E-state index is 10.5. The van der Waals surface area contributed by atoms with Gasteiger partial charge in [-0.15, -0.1) is 0 Å². The topological polar surface area (TPSA) is 55.8 Å². The van der Waals surface area contributed by atoms with Crippen LogP contribution in [0.2, 0.25) is 0 Å². The quantitative estimate of drug-likeness (QED) is 0.550. The first-order valence-corrected chi connectivity index (χ1v) is 3.65. The highest BCUT2D eigenvalue weighted by molar-refractivity contribution is 5.66. The third-order valence-electron chi connectivity index (χ3n) is 1.54. The molecule has 0 unspecified atom stereocenters. The molecule has 1 heterocycles. The second kappa shape index (κ2) is 3.69. The molecule has 4 nitrogen and oxygen atoms in total. The fourth-order valence-corrected chi connectivity index (χ4v) is 1.04.